The van der Waals surface area contributed by atoms with Gasteiger partial charge in [-0.15, -0.1) is 0 Å². The summed E-state index contributed by atoms with van der Waals surface area (Å²) in [5.74, 6) is 0.891. The van der Waals surface area contributed by atoms with Crippen molar-refractivity contribution < 1.29 is 8.42 Å². The molecule has 1 saturated heterocycles. The molecule has 0 spiro atoms. The smallest absolute Gasteiger partial charge is 0.229 e. The van der Waals surface area contributed by atoms with Gasteiger partial charge in [0, 0.05) is 26.2 Å². The van der Waals surface area contributed by atoms with Crippen LogP contribution in [0.25, 0.3) is 0 Å². The van der Waals surface area contributed by atoms with Crippen LogP contribution in [0.3, 0.4) is 0 Å². The van der Waals surface area contributed by atoms with Crippen molar-refractivity contribution in [2.24, 2.45) is 0 Å². The van der Waals surface area contributed by atoms with Crippen molar-refractivity contribution in [2.45, 2.75) is 0 Å². The topological polar surface area (TPSA) is 65.5 Å². The van der Waals surface area contributed by atoms with E-state index in [9.17, 15) is 8.42 Å². The zero-order chi connectivity index (χ0) is 13.2. The van der Waals surface area contributed by atoms with Gasteiger partial charge in [-0.05, 0) is 19.2 Å². The summed E-state index contributed by atoms with van der Waals surface area (Å²) in [5.41, 5.74) is 0.496. The van der Waals surface area contributed by atoms with Crippen molar-refractivity contribution in [1.82, 2.24) is 9.88 Å². The molecule has 0 aromatic carbocycles. The molecule has 0 atom stereocenters. The molecule has 0 amide bonds. The van der Waals surface area contributed by atoms with Crippen molar-refractivity contribution >= 4 is 21.5 Å². The van der Waals surface area contributed by atoms with E-state index in [0.29, 0.717) is 5.69 Å². The standard InChI is InChI=1S/C11H18N4O2S/c1-14-5-7-15(8-6-14)11-4-3-10(9-12-11)13-18(2,16)17/h3-4,9,13H,5-8H2,1-2H3. The Hall–Kier alpha value is -1.34. The molecule has 6 nitrogen and oxygen atoms in total. The summed E-state index contributed by atoms with van der Waals surface area (Å²) in [6, 6.07) is 3.58. The molecule has 0 radical (unpaired) electrons. The minimum absolute atomic E-state index is 0.496. The summed E-state index contributed by atoms with van der Waals surface area (Å²) in [7, 11) is -1.13. The van der Waals surface area contributed by atoms with E-state index >= 15 is 0 Å². The van der Waals surface area contributed by atoms with E-state index in [1.54, 1.807) is 12.3 Å². The lowest BCUT2D eigenvalue weighted by Crippen LogP contribution is -2.44. The van der Waals surface area contributed by atoms with Crippen LogP contribution in [0.2, 0.25) is 0 Å². The first kappa shape index (κ1) is 13.1. The van der Waals surface area contributed by atoms with E-state index < -0.39 is 10.0 Å². The Morgan fingerprint density at radius 2 is 1.89 bits per heavy atom. The maximum Gasteiger partial charge on any atom is 0.229 e. The van der Waals surface area contributed by atoms with E-state index in [4.69, 9.17) is 0 Å². The highest BCUT2D eigenvalue weighted by Gasteiger charge is 2.15. The number of hydrogen-bond donors (Lipinski definition) is 1. The van der Waals surface area contributed by atoms with Crippen LogP contribution in [0.5, 0.6) is 0 Å². The van der Waals surface area contributed by atoms with Crippen LogP contribution in [-0.4, -0.2) is 57.8 Å². The van der Waals surface area contributed by atoms with E-state index in [1.807, 2.05) is 6.07 Å². The second-order valence-corrected chi connectivity index (χ2v) is 6.32. The van der Waals surface area contributed by atoms with Gasteiger partial charge in [-0.3, -0.25) is 4.72 Å². The Balaban J connectivity index is 2.03. The third-order valence-electron chi connectivity index (χ3n) is 2.88. The van der Waals surface area contributed by atoms with Crippen LogP contribution in [0.4, 0.5) is 11.5 Å². The predicted molar refractivity (Wildman–Crippen MR) is 72.4 cm³/mol. The average molecular weight is 270 g/mol. The van der Waals surface area contributed by atoms with Crippen LogP contribution in [0.15, 0.2) is 18.3 Å². The number of aromatic nitrogens is 1. The normalized spacial score (nSPS) is 17.8. The van der Waals surface area contributed by atoms with E-state index in [2.05, 4.69) is 26.6 Å². The summed E-state index contributed by atoms with van der Waals surface area (Å²) in [4.78, 5) is 8.76. The molecule has 1 aliphatic heterocycles. The number of likely N-dealkylation sites (N-methyl/N-ethyl adjacent to an activating group) is 1. The molecule has 18 heavy (non-hydrogen) atoms. The Labute approximate surface area is 108 Å². The Bertz CT molecular complexity index is 492. The lowest BCUT2D eigenvalue weighted by atomic mass is 10.3. The summed E-state index contributed by atoms with van der Waals surface area (Å²) in [6.07, 6.45) is 2.68. The zero-order valence-corrected chi connectivity index (χ0v) is 11.4. The molecule has 100 valence electrons. The van der Waals surface area contributed by atoms with E-state index in [-0.39, 0.29) is 0 Å². The maximum atomic E-state index is 11.1. The number of nitrogens with zero attached hydrogens (tertiary/aromatic N) is 3. The van der Waals surface area contributed by atoms with Gasteiger partial charge in [0.1, 0.15) is 5.82 Å². The first-order chi connectivity index (χ1) is 8.44. The largest absolute Gasteiger partial charge is 0.354 e. The summed E-state index contributed by atoms with van der Waals surface area (Å²) in [6.45, 7) is 3.93. The summed E-state index contributed by atoms with van der Waals surface area (Å²) >= 11 is 0. The molecule has 1 N–H and O–H groups in total. The molecular weight excluding hydrogens is 252 g/mol. The second-order valence-electron chi connectivity index (χ2n) is 4.57. The monoisotopic (exact) mass is 270 g/mol. The van der Waals surface area contributed by atoms with Crippen LogP contribution < -0.4 is 9.62 Å². The molecule has 0 unspecified atom stereocenters. The Morgan fingerprint density at radius 1 is 1.22 bits per heavy atom. The molecule has 7 heteroatoms. The molecule has 0 saturated carbocycles. The molecule has 2 heterocycles. The number of nitrogens with one attached hydrogen (secondary N) is 1. The highest BCUT2D eigenvalue weighted by Crippen LogP contribution is 2.16. The van der Waals surface area contributed by atoms with Gasteiger partial charge in [-0.25, -0.2) is 13.4 Å². The van der Waals surface area contributed by atoms with Gasteiger partial charge >= 0.3 is 0 Å². The van der Waals surface area contributed by atoms with Gasteiger partial charge in [0.05, 0.1) is 18.1 Å². The highest BCUT2D eigenvalue weighted by molar-refractivity contribution is 7.92. The maximum absolute atomic E-state index is 11.1. The Kier molecular flexibility index (Phi) is 3.72. The number of pyridine rings is 1. The van der Waals surface area contributed by atoms with Crippen molar-refractivity contribution in [3.8, 4) is 0 Å². The van der Waals surface area contributed by atoms with Crippen molar-refractivity contribution in [3.63, 3.8) is 0 Å². The fraction of sp³-hybridized carbons (Fsp3) is 0.545. The van der Waals surface area contributed by atoms with Crippen LogP contribution in [0.1, 0.15) is 0 Å². The minimum Gasteiger partial charge on any atom is -0.354 e. The lowest BCUT2D eigenvalue weighted by molar-refractivity contribution is 0.312. The van der Waals surface area contributed by atoms with Crippen LogP contribution in [0, 0.1) is 0 Å². The lowest BCUT2D eigenvalue weighted by Gasteiger charge is -2.33. The van der Waals surface area contributed by atoms with Gasteiger partial charge < -0.3 is 9.80 Å². The van der Waals surface area contributed by atoms with Crippen molar-refractivity contribution in [3.05, 3.63) is 18.3 Å². The Morgan fingerprint density at radius 3 is 2.39 bits per heavy atom. The van der Waals surface area contributed by atoms with Gasteiger partial charge in [-0.1, -0.05) is 0 Å². The fourth-order valence-electron chi connectivity index (χ4n) is 1.88. The highest BCUT2D eigenvalue weighted by atomic mass is 32.2. The first-order valence-electron chi connectivity index (χ1n) is 5.81. The zero-order valence-electron chi connectivity index (χ0n) is 10.6. The molecule has 1 aromatic rings. The molecular formula is C11H18N4O2S. The second kappa shape index (κ2) is 5.11. The van der Waals surface area contributed by atoms with E-state index in [0.717, 1.165) is 38.3 Å². The third kappa shape index (κ3) is 3.58. The van der Waals surface area contributed by atoms with Gasteiger partial charge in [0.15, 0.2) is 0 Å². The molecule has 0 bridgehead atoms. The van der Waals surface area contributed by atoms with Crippen molar-refractivity contribution in [2.75, 3.05) is 49.1 Å². The summed E-state index contributed by atoms with van der Waals surface area (Å²) < 4.78 is 24.5. The number of sulfonamides is 1. The van der Waals surface area contributed by atoms with Gasteiger partial charge in [0.25, 0.3) is 0 Å². The SMILES string of the molecule is CN1CCN(c2ccc(NS(C)(=O)=O)cn2)CC1. The first-order valence-corrected chi connectivity index (χ1v) is 7.70. The molecule has 1 aliphatic rings. The molecule has 1 aromatic heterocycles. The van der Waals surface area contributed by atoms with Gasteiger partial charge in [0.2, 0.25) is 10.0 Å². The number of piperazine rings is 1. The van der Waals surface area contributed by atoms with Crippen LogP contribution in [-0.2, 0) is 10.0 Å². The molecule has 1 fully saturated rings. The van der Waals surface area contributed by atoms with Crippen molar-refractivity contribution in [1.29, 1.82) is 0 Å². The summed E-state index contributed by atoms with van der Waals surface area (Å²) in [5, 5.41) is 0. The predicted octanol–water partition coefficient (Wildman–Crippen LogP) is 0.205. The number of anilines is 2. The van der Waals surface area contributed by atoms with Crippen LogP contribution >= 0.6 is 0 Å². The third-order valence-corrected chi connectivity index (χ3v) is 3.48. The van der Waals surface area contributed by atoms with E-state index in [1.165, 1.54) is 0 Å². The minimum atomic E-state index is -3.23. The molecule has 0 aliphatic carbocycles. The number of rotatable bonds is 3. The fourth-order valence-corrected chi connectivity index (χ4v) is 2.43. The number of hydrogen-bond acceptors (Lipinski definition) is 5. The average Bonchev–Trinajstić information content (AvgIpc) is 2.29. The van der Waals surface area contributed by atoms with Gasteiger partial charge in [-0.2, -0.15) is 0 Å². The quantitative estimate of drug-likeness (QED) is 0.850. The molecule has 2 rings (SSSR count).